The van der Waals surface area contributed by atoms with Crippen LogP contribution in [0.3, 0.4) is 0 Å². The van der Waals surface area contributed by atoms with Crippen molar-refractivity contribution in [3.63, 3.8) is 0 Å². The minimum absolute atomic E-state index is 0.112. The van der Waals surface area contributed by atoms with Gasteiger partial charge in [-0.1, -0.05) is 12.1 Å². The Morgan fingerprint density at radius 3 is 2.18 bits per heavy atom. The molecule has 2 N–H and O–H groups in total. The van der Waals surface area contributed by atoms with Gasteiger partial charge in [0.2, 0.25) is 0 Å². The van der Waals surface area contributed by atoms with Crippen LogP contribution in [0.4, 0.5) is 5.69 Å². The summed E-state index contributed by atoms with van der Waals surface area (Å²) in [4.78, 5) is 34.6. The number of rotatable bonds is 6. The van der Waals surface area contributed by atoms with Gasteiger partial charge in [-0.25, -0.2) is 22.8 Å². The Morgan fingerprint density at radius 1 is 0.964 bits per heavy atom. The van der Waals surface area contributed by atoms with Crippen LogP contribution >= 0.6 is 0 Å². The van der Waals surface area contributed by atoms with Crippen molar-refractivity contribution in [2.45, 2.75) is 11.8 Å². The highest BCUT2D eigenvalue weighted by atomic mass is 32.2. The van der Waals surface area contributed by atoms with Gasteiger partial charge in [-0.3, -0.25) is 4.72 Å². The first-order valence-corrected chi connectivity index (χ1v) is 9.27. The number of carbonyl (C=O) groups excluding carboxylic acids is 2. The van der Waals surface area contributed by atoms with Crippen molar-refractivity contribution in [1.29, 1.82) is 0 Å². The largest absolute Gasteiger partial charge is 0.478 e. The number of nitrogens with one attached hydrogen (secondary N) is 1. The molecule has 0 saturated heterocycles. The average molecular weight is 407 g/mol. The van der Waals surface area contributed by atoms with E-state index in [1.165, 1.54) is 31.2 Å². The van der Waals surface area contributed by atoms with E-state index in [9.17, 15) is 27.9 Å². The molecule has 0 fully saturated rings. The molecule has 148 valence electrons. The Kier molecular flexibility index (Phi) is 6.04. The molecule has 0 bridgehead atoms. The first kappa shape index (κ1) is 20.9. The number of para-hydroxylation sites is 1. The van der Waals surface area contributed by atoms with E-state index in [2.05, 4.69) is 14.2 Å². The minimum atomic E-state index is -4.46. The molecular weight excluding hydrogens is 390 g/mol. The van der Waals surface area contributed by atoms with Gasteiger partial charge in [-0.2, -0.15) is 0 Å². The average Bonchev–Trinajstić information content (AvgIpc) is 2.67. The fourth-order valence-electron chi connectivity index (χ4n) is 2.44. The first-order valence-electron chi connectivity index (χ1n) is 7.78. The highest BCUT2D eigenvalue weighted by Crippen LogP contribution is 2.27. The predicted octanol–water partition coefficient (Wildman–Crippen LogP) is 2.07. The summed E-state index contributed by atoms with van der Waals surface area (Å²) < 4.78 is 37.3. The second-order valence-corrected chi connectivity index (χ2v) is 7.25. The minimum Gasteiger partial charge on any atom is -0.478 e. The lowest BCUT2D eigenvalue weighted by atomic mass is 10.1. The molecule has 0 aliphatic heterocycles. The monoisotopic (exact) mass is 407 g/mol. The molecule has 0 saturated carbocycles. The topological polar surface area (TPSA) is 136 Å². The summed E-state index contributed by atoms with van der Waals surface area (Å²) in [6.45, 7) is 1.52. The third-order valence-electron chi connectivity index (χ3n) is 3.84. The summed E-state index contributed by atoms with van der Waals surface area (Å²) in [5.74, 6) is -3.09. The van der Waals surface area contributed by atoms with Gasteiger partial charge in [0.25, 0.3) is 10.0 Å². The molecule has 9 nitrogen and oxygen atoms in total. The normalized spacial score (nSPS) is 10.8. The molecule has 2 aromatic carbocycles. The molecule has 0 spiro atoms. The van der Waals surface area contributed by atoms with E-state index in [1.54, 1.807) is 0 Å². The maximum Gasteiger partial charge on any atom is 0.339 e. The molecule has 0 amide bonds. The zero-order chi connectivity index (χ0) is 21.1. The predicted molar refractivity (Wildman–Crippen MR) is 98.1 cm³/mol. The number of anilines is 1. The molecular formula is C18H17NO8S. The van der Waals surface area contributed by atoms with E-state index in [1.807, 2.05) is 0 Å². The maximum absolute atomic E-state index is 13.0. The standard InChI is InChI=1S/C18H17NO8S/c1-10-5-4-6-13(16(20)21)15(10)19-28(24,25)14-9-11(17(22)26-2)7-8-12(14)18(23)27-3/h4-9,19H,1-3H3,(H,20,21). The molecule has 0 aliphatic rings. The Labute approximate surface area is 160 Å². The molecule has 0 unspecified atom stereocenters. The maximum atomic E-state index is 13.0. The highest BCUT2D eigenvalue weighted by Gasteiger charge is 2.27. The number of ether oxygens (including phenoxy) is 2. The van der Waals surface area contributed by atoms with Gasteiger partial charge in [0.15, 0.2) is 0 Å². The molecule has 10 heteroatoms. The molecule has 2 rings (SSSR count). The molecule has 28 heavy (non-hydrogen) atoms. The second-order valence-electron chi connectivity index (χ2n) is 5.60. The number of esters is 2. The summed E-state index contributed by atoms with van der Waals surface area (Å²) in [7, 11) is -2.27. The Hall–Kier alpha value is -3.40. The highest BCUT2D eigenvalue weighted by molar-refractivity contribution is 7.92. The van der Waals surface area contributed by atoms with Crippen molar-refractivity contribution in [1.82, 2.24) is 0 Å². The van der Waals surface area contributed by atoms with Crippen molar-refractivity contribution in [3.8, 4) is 0 Å². The van der Waals surface area contributed by atoms with Gasteiger partial charge in [0.05, 0.1) is 36.6 Å². The Bertz CT molecular complexity index is 1060. The molecule has 0 atom stereocenters. The SMILES string of the molecule is COC(=O)c1ccc(C(=O)OC)c(S(=O)(=O)Nc2c(C)cccc2C(=O)O)c1. The van der Waals surface area contributed by atoms with Crippen molar-refractivity contribution in [2.75, 3.05) is 18.9 Å². The number of benzene rings is 2. The van der Waals surface area contributed by atoms with Gasteiger partial charge >= 0.3 is 17.9 Å². The van der Waals surface area contributed by atoms with E-state index in [4.69, 9.17) is 0 Å². The van der Waals surface area contributed by atoms with Gasteiger partial charge in [-0.15, -0.1) is 0 Å². The zero-order valence-electron chi connectivity index (χ0n) is 15.2. The van der Waals surface area contributed by atoms with E-state index in [-0.39, 0.29) is 22.4 Å². The number of aromatic carboxylic acids is 1. The van der Waals surface area contributed by atoms with Crippen LogP contribution in [0.2, 0.25) is 0 Å². The molecule has 0 aromatic heterocycles. The lowest BCUT2D eigenvalue weighted by Crippen LogP contribution is -2.20. The molecule has 0 heterocycles. The van der Waals surface area contributed by atoms with Crippen LogP contribution in [0.5, 0.6) is 0 Å². The number of carbonyl (C=O) groups is 3. The number of hydrogen-bond donors (Lipinski definition) is 2. The summed E-state index contributed by atoms with van der Waals surface area (Å²) in [5.41, 5.74) is -0.513. The van der Waals surface area contributed by atoms with Crippen LogP contribution in [-0.2, 0) is 19.5 Å². The van der Waals surface area contributed by atoms with Crippen LogP contribution in [-0.4, -0.2) is 45.7 Å². The van der Waals surface area contributed by atoms with Gasteiger partial charge < -0.3 is 14.6 Å². The molecule has 0 radical (unpaired) electrons. The van der Waals surface area contributed by atoms with Gasteiger partial charge in [0.1, 0.15) is 4.90 Å². The van der Waals surface area contributed by atoms with Gasteiger partial charge in [0, 0.05) is 0 Å². The van der Waals surface area contributed by atoms with Crippen LogP contribution < -0.4 is 4.72 Å². The van der Waals surface area contributed by atoms with E-state index >= 15 is 0 Å². The van der Waals surface area contributed by atoms with E-state index < -0.39 is 32.8 Å². The number of sulfonamides is 1. The van der Waals surface area contributed by atoms with Crippen molar-refractivity contribution >= 4 is 33.6 Å². The number of hydrogen-bond acceptors (Lipinski definition) is 7. The molecule has 2 aromatic rings. The first-order chi connectivity index (χ1) is 13.1. The number of carboxylic acids is 1. The third-order valence-corrected chi connectivity index (χ3v) is 5.23. The Balaban J connectivity index is 2.67. The second kappa shape index (κ2) is 8.09. The lowest BCUT2D eigenvalue weighted by Gasteiger charge is -2.15. The summed E-state index contributed by atoms with van der Waals surface area (Å²) in [6, 6.07) is 7.51. The lowest BCUT2D eigenvalue weighted by molar-refractivity contribution is 0.0583. The van der Waals surface area contributed by atoms with Gasteiger partial charge in [-0.05, 0) is 36.8 Å². The van der Waals surface area contributed by atoms with E-state index in [0.717, 1.165) is 26.4 Å². The summed E-state index contributed by atoms with van der Waals surface area (Å²) >= 11 is 0. The van der Waals surface area contributed by atoms with Crippen LogP contribution in [0.1, 0.15) is 36.6 Å². The fraction of sp³-hybridized carbons (Fsp3) is 0.167. The molecule has 0 aliphatic carbocycles. The van der Waals surface area contributed by atoms with Crippen LogP contribution in [0.25, 0.3) is 0 Å². The van der Waals surface area contributed by atoms with Crippen molar-refractivity contribution in [3.05, 3.63) is 58.7 Å². The fourth-order valence-corrected chi connectivity index (χ4v) is 3.81. The van der Waals surface area contributed by atoms with Crippen molar-refractivity contribution in [2.24, 2.45) is 0 Å². The number of aryl methyl sites for hydroxylation is 1. The van der Waals surface area contributed by atoms with E-state index in [0.29, 0.717) is 5.56 Å². The zero-order valence-corrected chi connectivity index (χ0v) is 16.0. The number of carboxylic acid groups (broad SMARTS) is 1. The summed E-state index contributed by atoms with van der Waals surface area (Å²) in [5, 5.41) is 9.32. The smallest absolute Gasteiger partial charge is 0.339 e. The van der Waals surface area contributed by atoms with Crippen LogP contribution in [0.15, 0.2) is 41.3 Å². The quantitative estimate of drug-likeness (QED) is 0.695. The van der Waals surface area contributed by atoms with Crippen molar-refractivity contribution < 1.29 is 37.4 Å². The number of methoxy groups -OCH3 is 2. The Morgan fingerprint density at radius 2 is 1.61 bits per heavy atom. The third kappa shape index (κ3) is 4.12. The van der Waals surface area contributed by atoms with Crippen LogP contribution in [0, 0.1) is 6.92 Å². The summed E-state index contributed by atoms with van der Waals surface area (Å²) in [6.07, 6.45) is 0.